The van der Waals surface area contributed by atoms with Crippen molar-refractivity contribution in [2.75, 3.05) is 25.2 Å². The summed E-state index contributed by atoms with van der Waals surface area (Å²) in [6, 6.07) is 4.76. The molecule has 124 valence electrons. The van der Waals surface area contributed by atoms with E-state index in [1.165, 1.54) is 7.11 Å². The van der Waals surface area contributed by atoms with Crippen LogP contribution in [0.1, 0.15) is 31.1 Å². The number of sulfone groups is 1. The Hall–Kier alpha value is -1.08. The summed E-state index contributed by atoms with van der Waals surface area (Å²) in [5.74, 6) is 0.403. The van der Waals surface area contributed by atoms with Crippen LogP contribution in [-0.4, -0.2) is 50.4 Å². The monoisotopic (exact) mass is 391 g/mol. The highest BCUT2D eigenvalue weighted by atomic mass is 79.9. The van der Waals surface area contributed by atoms with E-state index in [2.05, 4.69) is 15.9 Å². The third-order valence-corrected chi connectivity index (χ3v) is 6.03. The van der Waals surface area contributed by atoms with Gasteiger partial charge in [0.1, 0.15) is 5.75 Å². The minimum absolute atomic E-state index is 0.0370. The predicted molar refractivity (Wildman–Crippen MR) is 91.2 cm³/mol. The van der Waals surface area contributed by atoms with E-state index in [1.807, 2.05) is 6.92 Å². The lowest BCUT2D eigenvalue weighted by Crippen LogP contribution is -2.42. The van der Waals surface area contributed by atoms with Crippen molar-refractivity contribution in [3.63, 3.8) is 0 Å². The van der Waals surface area contributed by atoms with Gasteiger partial charge in [-0.25, -0.2) is 8.42 Å². The second-order valence-corrected chi connectivity index (χ2v) is 8.24. The van der Waals surface area contributed by atoms with Gasteiger partial charge in [-0.3, -0.25) is 4.79 Å². The molecule has 0 aliphatic carbocycles. The van der Waals surface area contributed by atoms with Crippen LogP contribution in [0.15, 0.2) is 22.7 Å². The summed E-state index contributed by atoms with van der Waals surface area (Å²) in [5, 5.41) is 0. The third-order valence-electron chi connectivity index (χ3n) is 3.47. The largest absolute Gasteiger partial charge is 0.497 e. The fourth-order valence-corrected chi connectivity index (χ4v) is 3.75. The Morgan fingerprint density at radius 2 is 2.00 bits per heavy atom. The number of halogens is 1. The molecule has 0 spiro atoms. The van der Waals surface area contributed by atoms with E-state index in [1.54, 1.807) is 36.9 Å². The van der Waals surface area contributed by atoms with Gasteiger partial charge >= 0.3 is 0 Å². The number of ether oxygens (including phenoxy) is 1. The van der Waals surface area contributed by atoms with Gasteiger partial charge in [0.25, 0.3) is 5.91 Å². The molecule has 1 unspecified atom stereocenters. The molecule has 0 aliphatic heterocycles. The molecule has 1 amide bonds. The minimum Gasteiger partial charge on any atom is -0.497 e. The molecule has 0 saturated carbocycles. The van der Waals surface area contributed by atoms with Crippen molar-refractivity contribution >= 4 is 31.7 Å². The quantitative estimate of drug-likeness (QED) is 0.716. The van der Waals surface area contributed by atoms with Gasteiger partial charge in [0.2, 0.25) is 0 Å². The molecule has 0 bridgehead atoms. The molecular formula is C15H22BrNO4S. The van der Waals surface area contributed by atoms with Crippen LogP contribution in [0.3, 0.4) is 0 Å². The van der Waals surface area contributed by atoms with Gasteiger partial charge < -0.3 is 9.64 Å². The highest BCUT2D eigenvalue weighted by Crippen LogP contribution is 2.24. The molecule has 0 saturated heterocycles. The van der Waals surface area contributed by atoms with E-state index in [0.29, 0.717) is 22.3 Å². The second-order valence-electron chi connectivity index (χ2n) is 4.98. The van der Waals surface area contributed by atoms with Gasteiger partial charge in [0.05, 0.1) is 18.4 Å². The summed E-state index contributed by atoms with van der Waals surface area (Å²) in [6.07, 6.45) is 0. The van der Waals surface area contributed by atoms with Gasteiger partial charge in [-0.2, -0.15) is 0 Å². The van der Waals surface area contributed by atoms with E-state index in [-0.39, 0.29) is 23.5 Å². The van der Waals surface area contributed by atoms with Crippen LogP contribution >= 0.6 is 15.9 Å². The lowest BCUT2D eigenvalue weighted by molar-refractivity contribution is 0.0718. The predicted octanol–water partition coefficient (Wildman–Crippen LogP) is 2.74. The number of methoxy groups -OCH3 is 1. The molecule has 1 atom stereocenters. The van der Waals surface area contributed by atoms with Gasteiger partial charge in [-0.05, 0) is 48.0 Å². The first-order chi connectivity index (χ1) is 10.3. The topological polar surface area (TPSA) is 63.7 Å². The molecule has 0 aliphatic rings. The van der Waals surface area contributed by atoms with Gasteiger partial charge in [-0.15, -0.1) is 0 Å². The Kier molecular flexibility index (Phi) is 6.87. The minimum atomic E-state index is -3.14. The number of carbonyl (C=O) groups excluding carboxylic acids is 1. The summed E-state index contributed by atoms with van der Waals surface area (Å²) in [4.78, 5) is 14.3. The maximum absolute atomic E-state index is 12.7. The van der Waals surface area contributed by atoms with Crippen molar-refractivity contribution in [2.24, 2.45) is 0 Å². The third kappa shape index (κ3) is 4.71. The standard InChI is InChI=1S/C15H22BrNO4S/c1-5-17(11(3)10-22(19,20)6-2)15(18)13-9-12(21-4)7-8-14(13)16/h7-9,11H,5-6,10H2,1-4H3. The van der Waals surface area contributed by atoms with Crippen molar-refractivity contribution < 1.29 is 17.9 Å². The fourth-order valence-electron chi connectivity index (χ4n) is 2.18. The zero-order valence-electron chi connectivity index (χ0n) is 13.3. The van der Waals surface area contributed by atoms with E-state index in [4.69, 9.17) is 4.74 Å². The molecule has 0 N–H and O–H groups in total. The van der Waals surface area contributed by atoms with Crippen molar-refractivity contribution in [1.82, 2.24) is 4.90 Å². The molecule has 1 rings (SSSR count). The molecule has 5 nitrogen and oxygen atoms in total. The summed E-state index contributed by atoms with van der Waals surface area (Å²) in [7, 11) is -1.61. The number of benzene rings is 1. The lowest BCUT2D eigenvalue weighted by atomic mass is 10.1. The van der Waals surface area contributed by atoms with Crippen molar-refractivity contribution in [3.8, 4) is 5.75 Å². The molecule has 0 radical (unpaired) electrons. The summed E-state index contributed by atoms with van der Waals surface area (Å²) >= 11 is 3.36. The SMILES string of the molecule is CCN(C(=O)c1cc(OC)ccc1Br)C(C)CS(=O)(=O)CC. The van der Waals surface area contributed by atoms with Crippen LogP contribution in [-0.2, 0) is 9.84 Å². The Morgan fingerprint density at radius 3 is 2.50 bits per heavy atom. The molecule has 0 aromatic heterocycles. The van der Waals surface area contributed by atoms with Crippen molar-refractivity contribution in [2.45, 2.75) is 26.8 Å². The van der Waals surface area contributed by atoms with E-state index in [0.717, 1.165) is 0 Å². The van der Waals surface area contributed by atoms with Crippen LogP contribution in [0.4, 0.5) is 0 Å². The van der Waals surface area contributed by atoms with Crippen LogP contribution < -0.4 is 4.74 Å². The first-order valence-electron chi connectivity index (χ1n) is 7.10. The smallest absolute Gasteiger partial charge is 0.255 e. The average molecular weight is 392 g/mol. The number of rotatable bonds is 7. The molecule has 22 heavy (non-hydrogen) atoms. The number of amides is 1. The maximum atomic E-state index is 12.7. The first kappa shape index (κ1) is 19.0. The van der Waals surface area contributed by atoms with Crippen LogP contribution in [0.2, 0.25) is 0 Å². The molecule has 7 heteroatoms. The van der Waals surface area contributed by atoms with Gasteiger partial charge in [0.15, 0.2) is 9.84 Å². The lowest BCUT2D eigenvalue weighted by Gasteiger charge is -2.28. The molecule has 1 aromatic rings. The molecular weight excluding hydrogens is 370 g/mol. The normalized spacial score (nSPS) is 12.8. The Morgan fingerprint density at radius 1 is 1.36 bits per heavy atom. The summed E-state index contributed by atoms with van der Waals surface area (Å²) < 4.78 is 29.4. The van der Waals surface area contributed by atoms with Gasteiger partial charge in [-0.1, -0.05) is 6.92 Å². The highest BCUT2D eigenvalue weighted by Gasteiger charge is 2.25. The number of nitrogens with zero attached hydrogens (tertiary/aromatic N) is 1. The molecule has 0 fully saturated rings. The number of hydrogen-bond donors (Lipinski definition) is 0. The zero-order chi connectivity index (χ0) is 16.9. The fraction of sp³-hybridized carbons (Fsp3) is 0.533. The average Bonchev–Trinajstić information content (AvgIpc) is 2.47. The number of hydrogen-bond acceptors (Lipinski definition) is 4. The highest BCUT2D eigenvalue weighted by molar-refractivity contribution is 9.10. The Labute approximate surface area is 140 Å². The first-order valence-corrected chi connectivity index (χ1v) is 9.72. The van der Waals surface area contributed by atoms with Crippen LogP contribution in [0, 0.1) is 0 Å². The van der Waals surface area contributed by atoms with Crippen molar-refractivity contribution in [3.05, 3.63) is 28.2 Å². The summed E-state index contributed by atoms with van der Waals surface area (Å²) in [6.45, 7) is 5.63. The van der Waals surface area contributed by atoms with Gasteiger partial charge in [0, 0.05) is 22.8 Å². The van der Waals surface area contributed by atoms with Crippen LogP contribution in [0.25, 0.3) is 0 Å². The van der Waals surface area contributed by atoms with E-state index < -0.39 is 9.84 Å². The molecule has 1 aromatic carbocycles. The second kappa shape index (κ2) is 7.97. The maximum Gasteiger partial charge on any atom is 0.255 e. The van der Waals surface area contributed by atoms with E-state index in [9.17, 15) is 13.2 Å². The Balaban J connectivity index is 3.07. The zero-order valence-corrected chi connectivity index (χ0v) is 15.7. The summed E-state index contributed by atoms with van der Waals surface area (Å²) in [5.41, 5.74) is 0.460. The molecule has 0 heterocycles. The van der Waals surface area contributed by atoms with E-state index >= 15 is 0 Å². The Bertz CT molecular complexity index is 630. The van der Waals surface area contributed by atoms with Crippen molar-refractivity contribution in [1.29, 1.82) is 0 Å². The van der Waals surface area contributed by atoms with Crippen LogP contribution in [0.5, 0.6) is 5.75 Å². The number of carbonyl (C=O) groups is 1.